The Morgan fingerprint density at radius 3 is 2.02 bits per heavy atom. The molecule has 12 heteroatoms. The Balaban J connectivity index is 1.20. The number of benzene rings is 4. The molecule has 4 aromatic carbocycles. The van der Waals surface area contributed by atoms with Crippen molar-refractivity contribution in [3.05, 3.63) is 144 Å². The number of carbonyl (C=O) groups is 1. The monoisotopic (exact) mass is 675 g/mol. The lowest BCUT2D eigenvalue weighted by Crippen LogP contribution is -2.39. The quantitative estimate of drug-likeness (QED) is 0.166. The van der Waals surface area contributed by atoms with Crippen molar-refractivity contribution in [1.82, 2.24) is 19.5 Å². The molecule has 1 aliphatic rings. The van der Waals surface area contributed by atoms with Crippen LogP contribution in [0.1, 0.15) is 33.3 Å². The minimum Gasteiger partial charge on any atom is -0.497 e. The van der Waals surface area contributed by atoms with E-state index < -0.39 is 30.2 Å². The highest BCUT2D eigenvalue weighted by Gasteiger charge is 2.48. The predicted molar refractivity (Wildman–Crippen MR) is 183 cm³/mol. The van der Waals surface area contributed by atoms with Gasteiger partial charge in [0.1, 0.15) is 35.6 Å². The van der Waals surface area contributed by atoms with Gasteiger partial charge in [0.2, 0.25) is 0 Å². The molecular formula is C38H34FN5O6. The first kappa shape index (κ1) is 32.8. The number of alkyl halides is 1. The van der Waals surface area contributed by atoms with Gasteiger partial charge >= 0.3 is 0 Å². The molecule has 0 unspecified atom stereocenters. The number of hydrogen-bond acceptors (Lipinski definition) is 9. The van der Waals surface area contributed by atoms with E-state index in [9.17, 15) is 9.90 Å². The molecule has 2 aromatic heterocycles. The van der Waals surface area contributed by atoms with Crippen LogP contribution in [0.5, 0.6) is 11.5 Å². The fourth-order valence-corrected chi connectivity index (χ4v) is 6.25. The molecule has 1 aliphatic heterocycles. The van der Waals surface area contributed by atoms with Gasteiger partial charge in [0.15, 0.2) is 29.4 Å². The number of ether oxygens (including phenoxy) is 4. The number of aromatic nitrogens is 4. The number of methoxy groups -OCH3 is 2. The first-order valence-electron chi connectivity index (χ1n) is 15.9. The highest BCUT2D eigenvalue weighted by molar-refractivity contribution is 6.06. The zero-order valence-electron chi connectivity index (χ0n) is 27.2. The number of nitrogens with zero attached hydrogens (tertiary/aromatic N) is 4. The molecule has 0 spiro atoms. The van der Waals surface area contributed by atoms with Gasteiger partial charge in [-0.25, -0.2) is 19.3 Å². The van der Waals surface area contributed by atoms with Crippen molar-refractivity contribution >= 4 is 22.9 Å². The average molecular weight is 676 g/mol. The average Bonchev–Trinajstić information content (AvgIpc) is 3.73. The highest BCUT2D eigenvalue weighted by Crippen LogP contribution is 2.43. The summed E-state index contributed by atoms with van der Waals surface area (Å²) in [5, 5.41) is 14.0. The molecule has 1 saturated heterocycles. The standard InChI is InChI=1S/C38H34FN5O6/c1-47-28-17-13-26(14-18-28)38(25-11-7-4-8-12-25,27-15-19-29(48-2)20-16-27)49-21-30-33(45)31(39)37(50-30)44-23-42-32-34(40-22-41-35(32)44)43-36(46)24-9-5-3-6-10-24/h3-20,22-23,30-31,33,37,45H,21H2,1-2H3,(H,40,41,43,46)/t30-,31+,33+,37-/m1/s1. The van der Waals surface area contributed by atoms with E-state index in [4.69, 9.17) is 18.9 Å². The lowest BCUT2D eigenvalue weighted by Gasteiger charge is -2.37. The van der Waals surface area contributed by atoms with Crippen LogP contribution in [0.4, 0.5) is 10.2 Å². The second-order valence-electron chi connectivity index (χ2n) is 11.7. The summed E-state index contributed by atoms with van der Waals surface area (Å²) in [5.74, 6) is 1.11. The maximum Gasteiger partial charge on any atom is 0.256 e. The van der Waals surface area contributed by atoms with E-state index in [1.165, 1.54) is 17.2 Å². The number of hydrogen-bond donors (Lipinski definition) is 2. The van der Waals surface area contributed by atoms with E-state index in [1.54, 1.807) is 38.5 Å². The molecule has 4 atom stereocenters. The zero-order chi connectivity index (χ0) is 34.7. The van der Waals surface area contributed by atoms with Gasteiger partial charge in [-0.05, 0) is 53.1 Å². The number of halogens is 1. The van der Waals surface area contributed by atoms with Gasteiger partial charge in [-0.15, -0.1) is 0 Å². The van der Waals surface area contributed by atoms with Crippen LogP contribution >= 0.6 is 0 Å². The third-order valence-electron chi connectivity index (χ3n) is 8.83. The van der Waals surface area contributed by atoms with Gasteiger partial charge in [-0.3, -0.25) is 9.36 Å². The van der Waals surface area contributed by atoms with E-state index in [0.29, 0.717) is 17.1 Å². The molecule has 1 fully saturated rings. The fraction of sp³-hybridized carbons (Fsp3) is 0.211. The largest absolute Gasteiger partial charge is 0.497 e. The Bertz CT molecular complexity index is 2010. The van der Waals surface area contributed by atoms with Gasteiger partial charge in [-0.2, -0.15) is 0 Å². The Labute approximate surface area is 287 Å². The second kappa shape index (κ2) is 14.0. The number of carbonyl (C=O) groups excluding carboxylic acids is 1. The minimum atomic E-state index is -1.86. The lowest BCUT2D eigenvalue weighted by atomic mass is 9.80. The van der Waals surface area contributed by atoms with Crippen LogP contribution in [0, 0.1) is 0 Å². The van der Waals surface area contributed by atoms with Crippen molar-refractivity contribution in [1.29, 1.82) is 0 Å². The summed E-state index contributed by atoms with van der Waals surface area (Å²) in [6.45, 7) is -0.189. The number of rotatable bonds is 11. The van der Waals surface area contributed by atoms with E-state index in [0.717, 1.165) is 16.7 Å². The molecule has 50 heavy (non-hydrogen) atoms. The third kappa shape index (κ3) is 6.04. The molecule has 3 heterocycles. The van der Waals surface area contributed by atoms with Crippen LogP contribution in [-0.4, -0.2) is 69.7 Å². The summed E-state index contributed by atoms with van der Waals surface area (Å²) >= 11 is 0. The van der Waals surface area contributed by atoms with Crippen LogP contribution in [0.25, 0.3) is 11.2 Å². The Kier molecular flexibility index (Phi) is 9.22. The summed E-state index contributed by atoms with van der Waals surface area (Å²) in [6.07, 6.45) is -3.16. The summed E-state index contributed by atoms with van der Waals surface area (Å²) in [6, 6.07) is 33.3. The molecule has 6 aromatic rings. The number of amides is 1. The van der Waals surface area contributed by atoms with Crippen molar-refractivity contribution in [2.75, 3.05) is 26.1 Å². The third-order valence-corrected chi connectivity index (χ3v) is 8.83. The number of anilines is 1. The SMILES string of the molecule is COc1ccc(C(OC[C@H]2O[C@@H](n3cnc4c(NC(=O)c5ccccc5)ncnc43)[C@@H](F)[C@H]2O)(c2ccccc2)c2ccc(OC)cc2)cc1. The molecule has 0 radical (unpaired) electrons. The summed E-state index contributed by atoms with van der Waals surface area (Å²) in [4.78, 5) is 25.7. The van der Waals surface area contributed by atoms with Gasteiger partial charge in [-0.1, -0.05) is 72.8 Å². The van der Waals surface area contributed by atoms with Crippen molar-refractivity contribution in [3.63, 3.8) is 0 Å². The van der Waals surface area contributed by atoms with E-state index in [1.807, 2.05) is 84.9 Å². The molecule has 0 aliphatic carbocycles. The van der Waals surface area contributed by atoms with E-state index in [2.05, 4.69) is 20.3 Å². The van der Waals surface area contributed by atoms with Crippen molar-refractivity contribution < 1.29 is 33.2 Å². The highest BCUT2D eigenvalue weighted by atomic mass is 19.1. The smallest absolute Gasteiger partial charge is 0.256 e. The number of nitrogens with one attached hydrogen (secondary N) is 1. The molecule has 2 N–H and O–H groups in total. The normalized spacial score (nSPS) is 19.0. The van der Waals surface area contributed by atoms with Gasteiger partial charge in [0.05, 0.1) is 27.2 Å². The maximum absolute atomic E-state index is 16.0. The molecule has 0 bridgehead atoms. The van der Waals surface area contributed by atoms with Crippen LogP contribution in [0.15, 0.2) is 122 Å². The number of imidazole rings is 1. The molecule has 0 saturated carbocycles. The summed E-state index contributed by atoms with van der Waals surface area (Å²) in [7, 11) is 3.19. The van der Waals surface area contributed by atoms with Crippen molar-refractivity contribution in [3.8, 4) is 11.5 Å². The number of aliphatic hydroxyl groups excluding tert-OH is 1. The van der Waals surface area contributed by atoms with E-state index in [-0.39, 0.29) is 29.5 Å². The van der Waals surface area contributed by atoms with Crippen LogP contribution in [-0.2, 0) is 15.1 Å². The zero-order valence-corrected chi connectivity index (χ0v) is 27.2. The van der Waals surface area contributed by atoms with Crippen molar-refractivity contribution in [2.45, 2.75) is 30.2 Å². The first-order chi connectivity index (χ1) is 24.4. The summed E-state index contributed by atoms with van der Waals surface area (Å²) < 4.78 is 41.3. The fourth-order valence-electron chi connectivity index (χ4n) is 6.25. The lowest BCUT2D eigenvalue weighted by molar-refractivity contribution is -0.0935. The predicted octanol–water partition coefficient (Wildman–Crippen LogP) is 5.70. The van der Waals surface area contributed by atoms with Gasteiger partial charge in [0, 0.05) is 5.56 Å². The maximum atomic E-state index is 16.0. The molecular weight excluding hydrogens is 641 g/mol. The summed E-state index contributed by atoms with van der Waals surface area (Å²) in [5.41, 5.74) is 2.05. The minimum absolute atomic E-state index is 0.156. The first-order valence-corrected chi connectivity index (χ1v) is 15.9. The Morgan fingerprint density at radius 2 is 1.42 bits per heavy atom. The molecule has 7 rings (SSSR count). The van der Waals surface area contributed by atoms with Crippen LogP contribution in [0.2, 0.25) is 0 Å². The van der Waals surface area contributed by atoms with E-state index >= 15 is 4.39 Å². The Hall–Kier alpha value is -5.69. The van der Waals surface area contributed by atoms with Crippen molar-refractivity contribution in [2.24, 2.45) is 0 Å². The molecule has 1 amide bonds. The molecule has 11 nitrogen and oxygen atoms in total. The van der Waals surface area contributed by atoms with Gasteiger partial charge in [0.25, 0.3) is 5.91 Å². The molecule has 254 valence electrons. The second-order valence-corrected chi connectivity index (χ2v) is 11.7. The topological polar surface area (TPSA) is 130 Å². The number of fused-ring (bicyclic) bond motifs is 1. The Morgan fingerprint density at radius 1 is 0.840 bits per heavy atom. The number of aliphatic hydroxyl groups is 1. The van der Waals surface area contributed by atoms with Crippen LogP contribution in [0.3, 0.4) is 0 Å². The van der Waals surface area contributed by atoms with Crippen LogP contribution < -0.4 is 14.8 Å². The van der Waals surface area contributed by atoms with Gasteiger partial charge < -0.3 is 29.4 Å².